The van der Waals surface area contributed by atoms with Crippen LogP contribution in [0.3, 0.4) is 0 Å². The quantitative estimate of drug-likeness (QED) is 0.0170. The number of aliphatic hydroxyl groups excluding tert-OH is 3. The molecule has 0 aliphatic heterocycles. The van der Waals surface area contributed by atoms with Gasteiger partial charge in [0.25, 0.3) is 0 Å². The normalized spacial score (nSPS) is 14.3. The molecule has 0 radical (unpaired) electrons. The minimum absolute atomic E-state index is 0.0260. The molecule has 0 aliphatic rings. The van der Waals surface area contributed by atoms with Gasteiger partial charge in [0.2, 0.25) is 53.2 Å². The standard InChI is InChI=1S/C45H79ClN22O13/c1-18(2)13-24(62-40(79)27(17-70)63-35(74)22(9-7-11-55-43(49)50)59-33-31(46)65-30(32(48)67-33)42(81)68-45(53)54)37(76)64-26(16-69)39(78)60-23(10-8-12-56-44(51)52)36(75)61-25(14-19(3)4)38(77)66-29(21(6)71)41(80)58-20(5)34(73)57-15-28(47)72/h18-27,29,69-71H,7-17H2,1-6H3,(H2,47,72)(H,57,73)(H,58,80)(H,60,78)(H,61,75)(H,62,79)(H,63,74)(H,64,76)(H,66,77)(H3,48,59,67)(H4,49,50,55)(H4,51,52,56)(H4,53,54,68,81)/t20-,21+,22-,23-,24-,25-,26-,27-,29-/m0/s1. The number of rotatable bonds is 35. The van der Waals surface area contributed by atoms with Crippen LogP contribution < -0.4 is 93.7 Å². The van der Waals surface area contributed by atoms with Crippen molar-refractivity contribution in [2.24, 2.45) is 66.9 Å². The van der Waals surface area contributed by atoms with E-state index in [4.69, 9.17) is 57.5 Å². The van der Waals surface area contributed by atoms with Crippen molar-refractivity contribution in [1.29, 1.82) is 0 Å². The number of hydrogen-bond acceptors (Lipinski definition) is 19. The van der Waals surface area contributed by atoms with E-state index in [9.17, 15) is 63.3 Å². The van der Waals surface area contributed by atoms with Crippen LogP contribution >= 0.6 is 11.6 Å². The van der Waals surface area contributed by atoms with E-state index >= 15 is 0 Å². The van der Waals surface area contributed by atoms with Gasteiger partial charge in [0.1, 0.15) is 48.3 Å². The maximum absolute atomic E-state index is 14.1. The van der Waals surface area contributed by atoms with Crippen molar-refractivity contribution in [3.05, 3.63) is 10.8 Å². The average molecular weight is 1170 g/mol. The van der Waals surface area contributed by atoms with Crippen LogP contribution in [0.5, 0.6) is 0 Å². The van der Waals surface area contributed by atoms with E-state index in [1.807, 2.05) is 0 Å². The average Bonchev–Trinajstić information content (AvgIpc) is 3.37. The number of primary amides is 1. The molecule has 0 aromatic carbocycles. The molecule has 28 N–H and O–H groups in total. The van der Waals surface area contributed by atoms with Gasteiger partial charge in [0, 0.05) is 13.1 Å². The molecule has 1 aromatic heterocycles. The summed E-state index contributed by atoms with van der Waals surface area (Å²) in [6.45, 7) is 6.63. The maximum atomic E-state index is 14.1. The number of aliphatic hydroxyl groups is 3. The number of carbonyl (C=O) groups excluding carboxylic acids is 10. The monoisotopic (exact) mass is 1170 g/mol. The minimum atomic E-state index is -1.79. The van der Waals surface area contributed by atoms with Crippen molar-refractivity contribution in [3.63, 3.8) is 0 Å². The molecule has 1 rings (SSSR count). The number of carbonyl (C=O) groups is 10. The van der Waals surface area contributed by atoms with Gasteiger partial charge in [-0.3, -0.25) is 57.9 Å². The summed E-state index contributed by atoms with van der Waals surface area (Å²) in [7, 11) is 0. The van der Waals surface area contributed by atoms with Crippen molar-refractivity contribution in [2.45, 2.75) is 135 Å². The first kappa shape index (κ1) is 70.6. The molecule has 10 amide bonds. The highest BCUT2D eigenvalue weighted by Gasteiger charge is 2.36. The van der Waals surface area contributed by atoms with Crippen molar-refractivity contribution in [2.75, 3.05) is 43.9 Å². The summed E-state index contributed by atoms with van der Waals surface area (Å²) in [6, 6.07) is -12.2. The number of amides is 10. The molecule has 0 fully saturated rings. The van der Waals surface area contributed by atoms with Gasteiger partial charge in [-0.2, -0.15) is 4.99 Å². The third kappa shape index (κ3) is 26.4. The number of nitrogens with zero attached hydrogens (tertiary/aromatic N) is 5. The molecular weight excluding hydrogens is 1090 g/mol. The predicted molar refractivity (Wildman–Crippen MR) is 295 cm³/mol. The first-order valence-electron chi connectivity index (χ1n) is 25.2. The van der Waals surface area contributed by atoms with Gasteiger partial charge in [-0.25, -0.2) is 9.97 Å². The lowest BCUT2D eigenvalue weighted by Gasteiger charge is -2.28. The van der Waals surface area contributed by atoms with E-state index in [-0.39, 0.29) is 81.2 Å². The highest BCUT2D eigenvalue weighted by atomic mass is 35.5. The number of nitrogens with one attached hydrogen (secondary N) is 9. The van der Waals surface area contributed by atoms with Crippen LogP contribution in [-0.2, 0) is 43.2 Å². The van der Waals surface area contributed by atoms with Crippen LogP contribution in [0.1, 0.15) is 90.6 Å². The Morgan fingerprint density at radius 3 is 1.40 bits per heavy atom. The molecule has 81 heavy (non-hydrogen) atoms. The molecule has 454 valence electrons. The molecule has 0 saturated heterocycles. The second kappa shape index (κ2) is 35.2. The largest absolute Gasteiger partial charge is 0.394 e. The van der Waals surface area contributed by atoms with Crippen LogP contribution in [0.2, 0.25) is 5.15 Å². The molecule has 0 aliphatic carbocycles. The molecule has 0 unspecified atom stereocenters. The fraction of sp³-hybridized carbons (Fsp3) is 0.622. The summed E-state index contributed by atoms with van der Waals surface area (Å²) in [5.41, 5.74) is 42.8. The topological polar surface area (TPSA) is 611 Å². The second-order valence-electron chi connectivity index (χ2n) is 19.1. The lowest BCUT2D eigenvalue weighted by molar-refractivity contribution is -0.137. The number of aromatic nitrogens is 2. The van der Waals surface area contributed by atoms with Crippen molar-refractivity contribution in [3.8, 4) is 0 Å². The third-order valence-electron chi connectivity index (χ3n) is 11.0. The molecule has 9 atom stereocenters. The predicted octanol–water partition coefficient (Wildman–Crippen LogP) is -8.51. The summed E-state index contributed by atoms with van der Waals surface area (Å²) in [4.78, 5) is 151. The first-order valence-corrected chi connectivity index (χ1v) is 25.6. The Bertz CT molecular complexity index is 2450. The van der Waals surface area contributed by atoms with Gasteiger partial charge in [0.05, 0.1) is 25.9 Å². The van der Waals surface area contributed by atoms with Crippen LogP contribution in [0.15, 0.2) is 15.0 Å². The number of guanidine groups is 3. The van der Waals surface area contributed by atoms with Gasteiger partial charge < -0.3 is 109 Å². The SMILES string of the molecule is CC(C)C[C@H](NC(=O)[C@H](CO)NC(=O)[C@H](CCCN=C(N)N)Nc1nc(N)c(C(=O)N=C(N)N)nc1Cl)C(=O)N[C@@H](CO)C(=O)N[C@@H](CCCN=C(N)N)C(=O)N[C@@H](CC(C)C)C(=O)N[C@H](C(=O)N[C@@H](C)C(=O)NCC(N)=O)[C@@H](C)O. The zero-order chi connectivity index (χ0) is 61.8. The highest BCUT2D eigenvalue weighted by molar-refractivity contribution is 6.32. The van der Waals surface area contributed by atoms with Crippen molar-refractivity contribution in [1.82, 2.24) is 52.5 Å². The molecule has 1 aromatic rings. The Kier molecular flexibility index (Phi) is 30.7. The van der Waals surface area contributed by atoms with E-state index in [2.05, 4.69) is 72.8 Å². The molecule has 0 saturated carbocycles. The summed E-state index contributed by atoms with van der Waals surface area (Å²) in [5, 5.41) is 52.5. The molecule has 35 nitrogen and oxygen atoms in total. The van der Waals surface area contributed by atoms with Crippen LogP contribution in [0.4, 0.5) is 11.6 Å². The summed E-state index contributed by atoms with van der Waals surface area (Å²) in [6.07, 6.45) is -1.78. The van der Waals surface area contributed by atoms with E-state index in [0.29, 0.717) is 0 Å². The molecular formula is C45H79ClN22O13. The Morgan fingerprint density at radius 1 is 0.543 bits per heavy atom. The lowest BCUT2D eigenvalue weighted by Crippen LogP contribution is -2.62. The van der Waals surface area contributed by atoms with E-state index in [1.165, 1.54) is 13.8 Å². The number of hydrogen-bond donors (Lipinski definition) is 20. The van der Waals surface area contributed by atoms with Crippen molar-refractivity contribution >= 4 is 100 Å². The highest BCUT2D eigenvalue weighted by Crippen LogP contribution is 2.23. The zero-order valence-electron chi connectivity index (χ0n) is 45.8. The van der Waals surface area contributed by atoms with Gasteiger partial charge >= 0.3 is 5.91 Å². The number of aliphatic imine (C=N–C) groups is 3. The molecule has 1 heterocycles. The fourth-order valence-electron chi connectivity index (χ4n) is 7.07. The van der Waals surface area contributed by atoms with E-state index in [0.717, 1.165) is 0 Å². The molecule has 36 heteroatoms. The van der Waals surface area contributed by atoms with Gasteiger partial charge in [-0.1, -0.05) is 39.3 Å². The van der Waals surface area contributed by atoms with Crippen LogP contribution in [0, 0.1) is 11.8 Å². The van der Waals surface area contributed by atoms with Crippen LogP contribution in [-0.4, -0.2) is 190 Å². The van der Waals surface area contributed by atoms with E-state index in [1.54, 1.807) is 27.7 Å². The number of halogens is 1. The van der Waals surface area contributed by atoms with Crippen molar-refractivity contribution < 1.29 is 63.3 Å². The number of nitrogens with two attached hydrogens (primary N) is 8. The zero-order valence-corrected chi connectivity index (χ0v) is 46.5. The van der Waals surface area contributed by atoms with Gasteiger partial charge in [0.15, 0.2) is 40.4 Å². The first-order chi connectivity index (χ1) is 37.8. The Balaban J connectivity index is 3.44. The summed E-state index contributed by atoms with van der Waals surface area (Å²) >= 11 is 6.29. The minimum Gasteiger partial charge on any atom is -0.394 e. The Morgan fingerprint density at radius 2 is 0.963 bits per heavy atom. The smallest absolute Gasteiger partial charge is 0.302 e. The van der Waals surface area contributed by atoms with Gasteiger partial charge in [-0.05, 0) is 64.2 Å². The molecule has 0 spiro atoms. The summed E-state index contributed by atoms with van der Waals surface area (Å²) < 4.78 is 0. The third-order valence-corrected chi connectivity index (χ3v) is 11.3. The van der Waals surface area contributed by atoms with E-state index < -0.39 is 156 Å². The molecule has 0 bridgehead atoms. The summed E-state index contributed by atoms with van der Waals surface area (Å²) in [5.74, 6) is -12.4. The number of anilines is 2. The lowest BCUT2D eigenvalue weighted by atomic mass is 10.0. The fourth-order valence-corrected chi connectivity index (χ4v) is 7.25. The maximum Gasteiger partial charge on any atom is 0.302 e. The van der Waals surface area contributed by atoms with Crippen LogP contribution in [0.25, 0.3) is 0 Å². The Labute approximate surface area is 470 Å². The Hall–Kier alpha value is -8.44. The van der Waals surface area contributed by atoms with Gasteiger partial charge in [-0.15, -0.1) is 0 Å². The number of nitrogen functional groups attached to an aromatic ring is 1. The second-order valence-corrected chi connectivity index (χ2v) is 19.5.